The van der Waals surface area contributed by atoms with Gasteiger partial charge in [-0.25, -0.2) is 13.5 Å². The van der Waals surface area contributed by atoms with Crippen LogP contribution in [0.5, 0.6) is 0 Å². The predicted octanol–water partition coefficient (Wildman–Crippen LogP) is 4.54. The number of amides is 1. The van der Waals surface area contributed by atoms with Gasteiger partial charge in [-0.2, -0.15) is 5.10 Å². The van der Waals surface area contributed by atoms with E-state index in [9.17, 15) is 13.6 Å². The summed E-state index contributed by atoms with van der Waals surface area (Å²) in [5.74, 6) is -1.35. The number of nitrogens with one attached hydrogen (secondary N) is 1. The monoisotopic (exact) mass is 385 g/mol. The number of carbonyl (C=O) groups excluding carboxylic acids is 1. The summed E-state index contributed by atoms with van der Waals surface area (Å²) in [5.41, 5.74) is 3.46. The molecule has 2 heterocycles. The van der Waals surface area contributed by atoms with Crippen LogP contribution in [0, 0.1) is 25.5 Å². The highest BCUT2D eigenvalue weighted by Gasteiger charge is 2.32. The fourth-order valence-corrected chi connectivity index (χ4v) is 4.43. The minimum absolute atomic E-state index is 0.142. The van der Waals surface area contributed by atoms with Crippen molar-refractivity contribution in [2.24, 2.45) is 0 Å². The second-order valence-electron chi connectivity index (χ2n) is 6.48. The topological polar surface area (TPSA) is 46.9 Å². The molecule has 0 aliphatic carbocycles. The molecule has 0 saturated carbocycles. The van der Waals surface area contributed by atoms with Crippen molar-refractivity contribution in [3.8, 4) is 5.69 Å². The largest absolute Gasteiger partial charge is 0.310 e. The summed E-state index contributed by atoms with van der Waals surface area (Å²) in [5, 5.41) is 6.92. The molecule has 3 aromatic rings. The lowest BCUT2D eigenvalue weighted by molar-refractivity contribution is -0.113. The smallest absolute Gasteiger partial charge is 0.235 e. The molecule has 2 aromatic carbocycles. The Labute approximate surface area is 159 Å². The molecule has 0 radical (unpaired) electrons. The first kappa shape index (κ1) is 17.7. The number of carbonyl (C=O) groups is 1. The first-order valence-corrected chi connectivity index (χ1v) is 9.52. The summed E-state index contributed by atoms with van der Waals surface area (Å²) in [6.07, 6.45) is 0. The van der Waals surface area contributed by atoms with Crippen molar-refractivity contribution in [1.82, 2.24) is 9.78 Å². The molecule has 1 aliphatic rings. The molecule has 0 fully saturated rings. The summed E-state index contributed by atoms with van der Waals surface area (Å²) in [6, 6.07) is 11.8. The predicted molar refractivity (Wildman–Crippen MR) is 102 cm³/mol. The molecule has 0 unspecified atom stereocenters. The second-order valence-corrected chi connectivity index (χ2v) is 7.57. The van der Waals surface area contributed by atoms with Crippen molar-refractivity contribution in [3.63, 3.8) is 0 Å². The fraction of sp³-hybridized carbons (Fsp3) is 0.200. The zero-order valence-corrected chi connectivity index (χ0v) is 15.6. The first-order chi connectivity index (χ1) is 13.0. The third-order valence-electron chi connectivity index (χ3n) is 4.55. The SMILES string of the molecule is Cc1ccc(-n2nc(C)c3c2NC(=O)CS[C@@H]3c2cccc(F)c2F)cc1. The van der Waals surface area contributed by atoms with E-state index in [1.807, 2.05) is 38.1 Å². The number of benzene rings is 2. The van der Waals surface area contributed by atoms with Crippen molar-refractivity contribution < 1.29 is 13.6 Å². The van der Waals surface area contributed by atoms with Crippen LogP contribution in [0.4, 0.5) is 14.6 Å². The Morgan fingerprint density at radius 2 is 1.89 bits per heavy atom. The van der Waals surface area contributed by atoms with Crippen LogP contribution in [0.25, 0.3) is 5.69 Å². The van der Waals surface area contributed by atoms with Gasteiger partial charge in [-0.05, 0) is 32.0 Å². The van der Waals surface area contributed by atoms with E-state index in [1.54, 1.807) is 10.7 Å². The Balaban J connectivity index is 1.91. The number of anilines is 1. The highest BCUT2D eigenvalue weighted by molar-refractivity contribution is 8.00. The molecular weight excluding hydrogens is 368 g/mol. The zero-order valence-electron chi connectivity index (χ0n) is 14.8. The number of aromatic nitrogens is 2. The highest BCUT2D eigenvalue weighted by atomic mass is 32.2. The minimum Gasteiger partial charge on any atom is -0.310 e. The minimum atomic E-state index is -0.901. The fourth-order valence-electron chi connectivity index (χ4n) is 3.23. The van der Waals surface area contributed by atoms with E-state index < -0.39 is 16.9 Å². The van der Waals surface area contributed by atoms with Gasteiger partial charge in [-0.1, -0.05) is 29.8 Å². The van der Waals surface area contributed by atoms with E-state index in [0.717, 1.165) is 17.3 Å². The number of rotatable bonds is 2. The standard InChI is InChI=1S/C20H17F2N3OS/c1-11-6-8-13(9-7-11)25-20-17(12(2)24-25)19(27-10-16(26)23-20)14-4-3-5-15(21)18(14)22/h3-9,19H,10H2,1-2H3,(H,23,26)/t19-/m1/s1. The van der Waals surface area contributed by atoms with Crippen LogP contribution in [-0.4, -0.2) is 21.4 Å². The zero-order chi connectivity index (χ0) is 19.1. The van der Waals surface area contributed by atoms with Crippen LogP contribution in [0.1, 0.15) is 27.6 Å². The molecule has 1 amide bonds. The number of hydrogen-bond donors (Lipinski definition) is 1. The van der Waals surface area contributed by atoms with Gasteiger partial charge in [-0.15, -0.1) is 11.8 Å². The number of hydrogen-bond acceptors (Lipinski definition) is 3. The van der Waals surface area contributed by atoms with Crippen molar-refractivity contribution >= 4 is 23.5 Å². The average molecular weight is 385 g/mol. The third kappa shape index (κ3) is 3.12. The summed E-state index contributed by atoms with van der Waals surface area (Å²) in [6.45, 7) is 3.80. The van der Waals surface area contributed by atoms with Crippen LogP contribution < -0.4 is 5.32 Å². The molecule has 1 N–H and O–H groups in total. The lowest BCUT2D eigenvalue weighted by Crippen LogP contribution is -2.15. The number of halogens is 2. The van der Waals surface area contributed by atoms with Crippen LogP contribution in [0.15, 0.2) is 42.5 Å². The molecule has 7 heteroatoms. The number of thioether (sulfide) groups is 1. The lowest BCUT2D eigenvalue weighted by Gasteiger charge is -2.16. The molecule has 0 saturated heterocycles. The summed E-state index contributed by atoms with van der Waals surface area (Å²) < 4.78 is 30.0. The maximum absolute atomic E-state index is 14.5. The average Bonchev–Trinajstić information content (AvgIpc) is 2.84. The van der Waals surface area contributed by atoms with E-state index in [4.69, 9.17) is 0 Å². The van der Waals surface area contributed by atoms with Gasteiger partial charge < -0.3 is 5.32 Å². The molecule has 1 aromatic heterocycles. The van der Waals surface area contributed by atoms with Gasteiger partial charge in [0.1, 0.15) is 5.82 Å². The molecule has 4 rings (SSSR count). The van der Waals surface area contributed by atoms with Gasteiger partial charge in [0, 0.05) is 11.1 Å². The number of aryl methyl sites for hydroxylation is 2. The van der Waals surface area contributed by atoms with Crippen LogP contribution in [-0.2, 0) is 4.79 Å². The molecular formula is C20H17F2N3OS. The maximum Gasteiger partial charge on any atom is 0.235 e. The van der Waals surface area contributed by atoms with E-state index in [2.05, 4.69) is 10.4 Å². The van der Waals surface area contributed by atoms with E-state index >= 15 is 0 Å². The first-order valence-electron chi connectivity index (χ1n) is 8.47. The third-order valence-corrected chi connectivity index (χ3v) is 5.80. The van der Waals surface area contributed by atoms with Gasteiger partial charge in [0.2, 0.25) is 5.91 Å². The molecule has 138 valence electrons. The Hall–Kier alpha value is -2.67. The van der Waals surface area contributed by atoms with Crippen molar-refractivity contribution in [2.75, 3.05) is 11.1 Å². The molecule has 0 bridgehead atoms. The molecule has 27 heavy (non-hydrogen) atoms. The van der Waals surface area contributed by atoms with Gasteiger partial charge in [0.05, 0.1) is 22.4 Å². The van der Waals surface area contributed by atoms with Gasteiger partial charge in [0.25, 0.3) is 0 Å². The van der Waals surface area contributed by atoms with E-state index in [-0.39, 0.29) is 17.2 Å². The Morgan fingerprint density at radius 3 is 2.63 bits per heavy atom. The van der Waals surface area contributed by atoms with Gasteiger partial charge in [0.15, 0.2) is 11.6 Å². The number of nitrogens with zero attached hydrogens (tertiary/aromatic N) is 2. The van der Waals surface area contributed by atoms with E-state index in [0.29, 0.717) is 17.1 Å². The van der Waals surface area contributed by atoms with Gasteiger partial charge in [-0.3, -0.25) is 4.79 Å². The molecule has 0 spiro atoms. The van der Waals surface area contributed by atoms with Crippen molar-refractivity contribution in [3.05, 3.63) is 76.5 Å². The second kappa shape index (κ2) is 6.81. The summed E-state index contributed by atoms with van der Waals surface area (Å²) in [4.78, 5) is 12.3. The molecule has 4 nitrogen and oxygen atoms in total. The van der Waals surface area contributed by atoms with Crippen LogP contribution in [0.2, 0.25) is 0 Å². The molecule has 1 atom stereocenters. The van der Waals surface area contributed by atoms with E-state index in [1.165, 1.54) is 17.8 Å². The summed E-state index contributed by atoms with van der Waals surface area (Å²) in [7, 11) is 0. The van der Waals surface area contributed by atoms with Crippen LogP contribution in [0.3, 0.4) is 0 Å². The lowest BCUT2D eigenvalue weighted by atomic mass is 10.0. The normalized spacial score (nSPS) is 16.6. The number of fused-ring (bicyclic) bond motifs is 1. The van der Waals surface area contributed by atoms with Crippen LogP contribution >= 0.6 is 11.8 Å². The quantitative estimate of drug-likeness (QED) is 0.704. The Kier molecular flexibility index (Phi) is 4.47. The Morgan fingerprint density at radius 1 is 1.15 bits per heavy atom. The Bertz CT molecular complexity index is 1030. The maximum atomic E-state index is 14.5. The van der Waals surface area contributed by atoms with Crippen molar-refractivity contribution in [2.45, 2.75) is 19.1 Å². The van der Waals surface area contributed by atoms with Gasteiger partial charge >= 0.3 is 0 Å². The van der Waals surface area contributed by atoms with Crippen molar-refractivity contribution in [1.29, 1.82) is 0 Å². The molecule has 1 aliphatic heterocycles. The summed E-state index contributed by atoms with van der Waals surface area (Å²) >= 11 is 1.26. The highest BCUT2D eigenvalue weighted by Crippen LogP contribution is 2.44.